The molecule has 0 aliphatic carbocycles. The summed E-state index contributed by atoms with van der Waals surface area (Å²) in [6, 6.07) is 4.82. The van der Waals surface area contributed by atoms with Gasteiger partial charge < -0.3 is 15.0 Å². The third kappa shape index (κ3) is 4.45. The van der Waals surface area contributed by atoms with E-state index in [4.69, 9.17) is 4.74 Å². The number of hydrogen-bond donors (Lipinski definition) is 1. The molecule has 6 heteroatoms. The SMILES string of the molecule is CCC(=O)NCc1ccc(N2CCC(N3CCOCC3)CC2)nc1. The predicted octanol–water partition coefficient (Wildman–Crippen LogP) is 1.41. The number of carbonyl (C=O) groups is 1. The summed E-state index contributed by atoms with van der Waals surface area (Å²) >= 11 is 0. The van der Waals surface area contributed by atoms with Gasteiger partial charge in [-0.2, -0.15) is 0 Å². The third-order valence-corrected chi connectivity index (χ3v) is 4.97. The molecular weight excluding hydrogens is 304 g/mol. The van der Waals surface area contributed by atoms with E-state index in [1.807, 2.05) is 13.1 Å². The van der Waals surface area contributed by atoms with E-state index < -0.39 is 0 Å². The highest BCUT2D eigenvalue weighted by molar-refractivity contribution is 5.75. The normalized spacial score (nSPS) is 20.1. The van der Waals surface area contributed by atoms with Crippen molar-refractivity contribution < 1.29 is 9.53 Å². The maximum atomic E-state index is 11.3. The first-order chi connectivity index (χ1) is 11.8. The van der Waals surface area contributed by atoms with Crippen LogP contribution in [0.25, 0.3) is 0 Å². The van der Waals surface area contributed by atoms with Crippen LogP contribution < -0.4 is 10.2 Å². The van der Waals surface area contributed by atoms with Crippen molar-refractivity contribution in [3.05, 3.63) is 23.9 Å². The van der Waals surface area contributed by atoms with Crippen molar-refractivity contribution in [1.29, 1.82) is 0 Å². The van der Waals surface area contributed by atoms with Crippen LogP contribution in [0.2, 0.25) is 0 Å². The zero-order chi connectivity index (χ0) is 16.8. The van der Waals surface area contributed by atoms with Crippen LogP contribution in [0.4, 0.5) is 5.82 Å². The van der Waals surface area contributed by atoms with Gasteiger partial charge in [-0.3, -0.25) is 9.69 Å². The number of piperidine rings is 1. The molecule has 6 nitrogen and oxygen atoms in total. The summed E-state index contributed by atoms with van der Waals surface area (Å²) in [6.07, 6.45) is 4.77. The van der Waals surface area contributed by atoms with E-state index >= 15 is 0 Å². The van der Waals surface area contributed by atoms with Crippen molar-refractivity contribution in [3.63, 3.8) is 0 Å². The fraction of sp³-hybridized carbons (Fsp3) is 0.667. The predicted molar refractivity (Wildman–Crippen MR) is 94.0 cm³/mol. The van der Waals surface area contributed by atoms with Gasteiger partial charge >= 0.3 is 0 Å². The molecule has 0 aromatic carbocycles. The minimum Gasteiger partial charge on any atom is -0.379 e. The van der Waals surface area contributed by atoms with E-state index in [2.05, 4.69) is 32.2 Å². The van der Waals surface area contributed by atoms with Crippen molar-refractivity contribution in [2.45, 2.75) is 38.8 Å². The standard InChI is InChI=1S/C18H28N4O2/c1-2-18(23)20-14-15-3-4-17(19-13-15)22-7-5-16(6-8-22)21-9-11-24-12-10-21/h3-4,13,16H,2,5-12,14H2,1H3,(H,20,23). The molecule has 0 unspecified atom stereocenters. The Morgan fingerprint density at radius 2 is 2.00 bits per heavy atom. The summed E-state index contributed by atoms with van der Waals surface area (Å²) in [5.41, 5.74) is 1.05. The van der Waals surface area contributed by atoms with Crippen molar-refractivity contribution >= 4 is 11.7 Å². The van der Waals surface area contributed by atoms with Gasteiger partial charge in [-0.25, -0.2) is 4.98 Å². The molecule has 1 aromatic heterocycles. The molecule has 2 fully saturated rings. The summed E-state index contributed by atoms with van der Waals surface area (Å²) in [7, 11) is 0. The molecule has 0 spiro atoms. The van der Waals surface area contributed by atoms with Crippen molar-refractivity contribution in [1.82, 2.24) is 15.2 Å². The van der Waals surface area contributed by atoms with Gasteiger partial charge in [0.2, 0.25) is 5.91 Å². The topological polar surface area (TPSA) is 57.7 Å². The van der Waals surface area contributed by atoms with Crippen LogP contribution in [0.3, 0.4) is 0 Å². The number of hydrogen-bond acceptors (Lipinski definition) is 5. The molecule has 24 heavy (non-hydrogen) atoms. The maximum absolute atomic E-state index is 11.3. The maximum Gasteiger partial charge on any atom is 0.219 e. The van der Waals surface area contributed by atoms with E-state index in [0.717, 1.165) is 50.8 Å². The quantitative estimate of drug-likeness (QED) is 0.883. The molecule has 3 rings (SSSR count). The minimum atomic E-state index is 0.0734. The van der Waals surface area contributed by atoms with Crippen LogP contribution in [0.1, 0.15) is 31.7 Å². The summed E-state index contributed by atoms with van der Waals surface area (Å²) in [5, 5.41) is 2.88. The molecule has 2 saturated heterocycles. The molecule has 1 amide bonds. The van der Waals surface area contributed by atoms with Crippen molar-refractivity contribution in [3.8, 4) is 0 Å². The van der Waals surface area contributed by atoms with Crippen LogP contribution in [0, 0.1) is 0 Å². The second-order valence-corrected chi connectivity index (χ2v) is 6.52. The first kappa shape index (κ1) is 17.2. The Morgan fingerprint density at radius 1 is 1.25 bits per heavy atom. The molecule has 0 radical (unpaired) electrons. The first-order valence-electron chi connectivity index (χ1n) is 9.04. The highest BCUT2D eigenvalue weighted by atomic mass is 16.5. The second-order valence-electron chi connectivity index (χ2n) is 6.52. The van der Waals surface area contributed by atoms with Crippen LogP contribution in [0.5, 0.6) is 0 Å². The minimum absolute atomic E-state index is 0.0734. The number of amides is 1. The lowest BCUT2D eigenvalue weighted by molar-refractivity contribution is -0.120. The average Bonchev–Trinajstić information content (AvgIpc) is 2.67. The van der Waals surface area contributed by atoms with Gasteiger partial charge in [0.15, 0.2) is 0 Å². The fourth-order valence-electron chi connectivity index (χ4n) is 3.44. The molecule has 132 valence electrons. The highest BCUT2D eigenvalue weighted by Gasteiger charge is 2.26. The Hall–Kier alpha value is -1.66. The first-order valence-corrected chi connectivity index (χ1v) is 9.04. The van der Waals surface area contributed by atoms with Crippen LogP contribution in [0.15, 0.2) is 18.3 Å². The largest absolute Gasteiger partial charge is 0.379 e. The van der Waals surface area contributed by atoms with Crippen LogP contribution in [-0.4, -0.2) is 61.2 Å². The van der Waals surface area contributed by atoms with E-state index in [9.17, 15) is 4.79 Å². The monoisotopic (exact) mass is 332 g/mol. The van der Waals surface area contributed by atoms with Gasteiger partial charge in [0, 0.05) is 51.4 Å². The number of aromatic nitrogens is 1. The van der Waals surface area contributed by atoms with Crippen LogP contribution in [-0.2, 0) is 16.1 Å². The Balaban J connectivity index is 1.48. The van der Waals surface area contributed by atoms with Gasteiger partial charge in [-0.05, 0) is 24.5 Å². The second kappa shape index (κ2) is 8.44. The number of anilines is 1. The molecule has 2 aliphatic rings. The van der Waals surface area contributed by atoms with Crippen LogP contribution >= 0.6 is 0 Å². The van der Waals surface area contributed by atoms with Crippen molar-refractivity contribution in [2.24, 2.45) is 0 Å². The van der Waals surface area contributed by atoms with E-state index in [1.54, 1.807) is 0 Å². The summed E-state index contributed by atoms with van der Waals surface area (Å²) in [5.74, 6) is 1.12. The van der Waals surface area contributed by atoms with Gasteiger partial charge in [0.25, 0.3) is 0 Å². The zero-order valence-corrected chi connectivity index (χ0v) is 14.5. The van der Waals surface area contributed by atoms with Crippen molar-refractivity contribution in [2.75, 3.05) is 44.3 Å². The molecule has 1 N–H and O–H groups in total. The van der Waals surface area contributed by atoms with E-state index in [1.165, 1.54) is 12.8 Å². The smallest absolute Gasteiger partial charge is 0.219 e. The Morgan fingerprint density at radius 3 is 2.62 bits per heavy atom. The van der Waals surface area contributed by atoms with Gasteiger partial charge in [-0.1, -0.05) is 13.0 Å². The van der Waals surface area contributed by atoms with Gasteiger partial charge in [0.1, 0.15) is 5.82 Å². The summed E-state index contributed by atoms with van der Waals surface area (Å²) < 4.78 is 5.45. The number of rotatable bonds is 5. The Bertz CT molecular complexity index is 520. The van der Waals surface area contributed by atoms with E-state index in [-0.39, 0.29) is 5.91 Å². The molecule has 1 aromatic rings. The number of pyridine rings is 1. The fourth-order valence-corrected chi connectivity index (χ4v) is 3.44. The summed E-state index contributed by atoms with van der Waals surface area (Å²) in [6.45, 7) is 8.41. The highest BCUT2D eigenvalue weighted by Crippen LogP contribution is 2.22. The lowest BCUT2D eigenvalue weighted by Crippen LogP contribution is -2.49. The number of ether oxygens (including phenoxy) is 1. The third-order valence-electron chi connectivity index (χ3n) is 4.97. The average molecular weight is 332 g/mol. The van der Waals surface area contributed by atoms with Gasteiger partial charge in [0.05, 0.1) is 13.2 Å². The Labute approximate surface area is 144 Å². The van der Waals surface area contributed by atoms with E-state index in [0.29, 0.717) is 19.0 Å². The molecule has 2 aliphatic heterocycles. The number of nitrogens with zero attached hydrogens (tertiary/aromatic N) is 3. The molecule has 3 heterocycles. The number of morpholine rings is 1. The summed E-state index contributed by atoms with van der Waals surface area (Å²) in [4.78, 5) is 20.8. The Kier molecular flexibility index (Phi) is 6.04. The number of carbonyl (C=O) groups excluding carboxylic acids is 1. The molecule has 0 saturated carbocycles. The molecule has 0 bridgehead atoms. The molecular formula is C18H28N4O2. The lowest BCUT2D eigenvalue weighted by atomic mass is 10.0. The lowest BCUT2D eigenvalue weighted by Gasteiger charge is -2.40. The molecule has 0 atom stereocenters. The van der Waals surface area contributed by atoms with Gasteiger partial charge in [-0.15, -0.1) is 0 Å². The zero-order valence-electron chi connectivity index (χ0n) is 14.5. The number of nitrogens with one attached hydrogen (secondary N) is 1.